The predicted molar refractivity (Wildman–Crippen MR) is 219 cm³/mol. The van der Waals surface area contributed by atoms with Gasteiger partial charge in [-0.3, -0.25) is 0 Å². The van der Waals surface area contributed by atoms with Gasteiger partial charge in [-0.05, 0) is 0 Å². The molecule has 0 atom stereocenters. The summed E-state index contributed by atoms with van der Waals surface area (Å²) in [5, 5.41) is 0. The minimum atomic E-state index is -3.46. The first-order chi connectivity index (χ1) is 23.5. The standard InChI is InChI=1S/C19H38O.2C8H17.2C4H9O.2Sn/c1-4-7-9-11-13-15-17-19(20,6-3)18-16-14-12-10-8-5-2;2*1-3-5-7-8-6-4-2;2*1-2-3-4-5;;/h3-18H2,1-2H3;2*1,3-8H2,2H3;2*2-4H2,1H3;;/q-1;;;2*-1;+1;+2. The number of unbranched alkanes of at least 4 members (excludes halogenated alkanes) is 22. The molecule has 1 aliphatic heterocycles. The summed E-state index contributed by atoms with van der Waals surface area (Å²) in [5.74, 6) is 0. The first-order valence-corrected chi connectivity index (χ1v) is 43.1. The summed E-state index contributed by atoms with van der Waals surface area (Å²) in [7, 11) is 0. The molecule has 1 rings (SSSR count). The van der Waals surface area contributed by atoms with Crippen LogP contribution in [0.3, 0.4) is 0 Å². The molecule has 288 valence electrons. The van der Waals surface area contributed by atoms with Gasteiger partial charge in [0, 0.05) is 0 Å². The van der Waals surface area contributed by atoms with E-state index in [2.05, 4.69) is 41.5 Å². The number of hydrogen-bond acceptors (Lipinski definition) is 3. The van der Waals surface area contributed by atoms with Crippen molar-refractivity contribution in [3.8, 4) is 0 Å². The Morgan fingerprint density at radius 3 is 1.12 bits per heavy atom. The van der Waals surface area contributed by atoms with Crippen LogP contribution in [-0.2, 0) is 9.22 Å². The SMILES string of the molecule is CCCCCCCCC1(CCCCCCCC)C[CH2][Sn]([O]CCCC)([O]CCCC)[Sn]([CH2]CCCCCCC)([CH2]CCCCCCC)[O]1. The zero-order chi connectivity index (χ0) is 35.1. The van der Waals surface area contributed by atoms with E-state index in [-0.39, 0.29) is 5.60 Å². The van der Waals surface area contributed by atoms with Gasteiger partial charge in [0.2, 0.25) is 0 Å². The second kappa shape index (κ2) is 32.0. The normalized spacial score (nSPS) is 16.9. The van der Waals surface area contributed by atoms with Crippen LogP contribution in [0.15, 0.2) is 0 Å². The van der Waals surface area contributed by atoms with Crippen molar-refractivity contribution in [1.29, 1.82) is 0 Å². The maximum atomic E-state index is 8.30. The van der Waals surface area contributed by atoms with E-state index < -0.39 is 30.1 Å². The molecular weight excluding hydrogens is 802 g/mol. The second-order valence-corrected chi connectivity index (χ2v) is 64.5. The molecule has 0 spiro atoms. The van der Waals surface area contributed by atoms with Crippen molar-refractivity contribution >= 4 is 30.1 Å². The fourth-order valence-corrected chi connectivity index (χ4v) is 82.5. The molecule has 1 fully saturated rings. The molecule has 0 saturated carbocycles. The average molecular weight is 893 g/mol. The molecule has 0 unspecified atom stereocenters. The third-order valence-electron chi connectivity index (χ3n) is 11.5. The molecule has 0 radical (unpaired) electrons. The van der Waals surface area contributed by atoms with Gasteiger partial charge < -0.3 is 0 Å². The summed E-state index contributed by atoms with van der Waals surface area (Å²) >= 11 is -6.76. The van der Waals surface area contributed by atoms with Crippen LogP contribution in [0.25, 0.3) is 0 Å². The van der Waals surface area contributed by atoms with Gasteiger partial charge in [0.1, 0.15) is 0 Å². The van der Waals surface area contributed by atoms with Crippen molar-refractivity contribution in [2.24, 2.45) is 0 Å². The van der Waals surface area contributed by atoms with Gasteiger partial charge in [-0.1, -0.05) is 0 Å². The molecule has 1 saturated heterocycles. The van der Waals surface area contributed by atoms with Gasteiger partial charge in [0.15, 0.2) is 0 Å². The Balaban J connectivity index is 3.44. The van der Waals surface area contributed by atoms with E-state index in [4.69, 9.17) is 9.22 Å². The van der Waals surface area contributed by atoms with Crippen LogP contribution >= 0.6 is 0 Å². The molecule has 1 heterocycles. The van der Waals surface area contributed by atoms with Gasteiger partial charge >= 0.3 is 312 Å². The maximum absolute atomic E-state index is 8.30. The van der Waals surface area contributed by atoms with Crippen LogP contribution in [0.1, 0.15) is 241 Å². The molecule has 0 aromatic heterocycles. The zero-order valence-electron chi connectivity index (χ0n) is 34.2. The van der Waals surface area contributed by atoms with Crippen LogP contribution in [0.5, 0.6) is 0 Å². The summed E-state index contributed by atoms with van der Waals surface area (Å²) in [6.45, 7) is 15.9. The Bertz CT molecular complexity index is 645. The Morgan fingerprint density at radius 1 is 0.417 bits per heavy atom. The molecule has 0 amide bonds. The summed E-state index contributed by atoms with van der Waals surface area (Å²) in [4.78, 5) is 0. The fraction of sp³-hybridized carbons (Fsp3) is 1.00. The number of hydrogen-bond donors (Lipinski definition) is 0. The Kier molecular flexibility index (Phi) is 31.6. The van der Waals surface area contributed by atoms with Crippen LogP contribution in [0, 0.1) is 0 Å². The van der Waals surface area contributed by atoms with Crippen molar-refractivity contribution in [2.75, 3.05) is 13.2 Å². The summed E-state index contributed by atoms with van der Waals surface area (Å²) < 4.78 is 27.3. The number of rotatable bonds is 36. The minimum absolute atomic E-state index is 0.124. The molecule has 0 aliphatic carbocycles. The van der Waals surface area contributed by atoms with E-state index in [1.807, 2.05) is 0 Å². The summed E-state index contributed by atoms with van der Waals surface area (Å²) in [6, 6.07) is 0. The first kappa shape index (κ1) is 47.5. The van der Waals surface area contributed by atoms with Crippen LogP contribution < -0.4 is 0 Å². The topological polar surface area (TPSA) is 27.7 Å². The summed E-state index contributed by atoms with van der Waals surface area (Å²) in [5.41, 5.74) is 0.124. The molecule has 0 N–H and O–H groups in total. The van der Waals surface area contributed by atoms with Crippen LogP contribution in [0.2, 0.25) is 13.3 Å². The molecule has 0 bridgehead atoms. The van der Waals surface area contributed by atoms with Gasteiger partial charge in [0.25, 0.3) is 0 Å². The van der Waals surface area contributed by atoms with Gasteiger partial charge in [-0.25, -0.2) is 0 Å². The molecule has 48 heavy (non-hydrogen) atoms. The molecule has 3 nitrogen and oxygen atoms in total. The van der Waals surface area contributed by atoms with Gasteiger partial charge in [-0.2, -0.15) is 0 Å². The third kappa shape index (κ3) is 20.1. The van der Waals surface area contributed by atoms with Crippen molar-refractivity contribution in [1.82, 2.24) is 0 Å². The van der Waals surface area contributed by atoms with E-state index in [0.29, 0.717) is 0 Å². The third-order valence-corrected chi connectivity index (χ3v) is 79.3. The molecule has 0 aromatic rings. The average Bonchev–Trinajstić information content (AvgIpc) is 3.09. The zero-order valence-corrected chi connectivity index (χ0v) is 39.9. The molecular formula is C43H90O3Sn2. The van der Waals surface area contributed by atoms with E-state index in [1.54, 1.807) is 0 Å². The van der Waals surface area contributed by atoms with Gasteiger partial charge in [0.05, 0.1) is 0 Å². The quantitative estimate of drug-likeness (QED) is 0.0463. The van der Waals surface area contributed by atoms with Crippen molar-refractivity contribution in [3.05, 3.63) is 0 Å². The Hall–Kier alpha value is 1.48. The first-order valence-electron chi connectivity index (χ1n) is 22.5. The van der Waals surface area contributed by atoms with E-state index >= 15 is 0 Å². The monoisotopic (exact) mass is 894 g/mol. The Morgan fingerprint density at radius 2 is 0.750 bits per heavy atom. The molecule has 1 aliphatic rings. The van der Waals surface area contributed by atoms with Crippen molar-refractivity contribution in [3.63, 3.8) is 0 Å². The fourth-order valence-electron chi connectivity index (χ4n) is 8.30. The van der Waals surface area contributed by atoms with Crippen molar-refractivity contribution < 1.29 is 9.22 Å². The van der Waals surface area contributed by atoms with E-state index in [1.165, 1.54) is 212 Å². The van der Waals surface area contributed by atoms with Crippen molar-refractivity contribution in [2.45, 2.75) is 259 Å². The van der Waals surface area contributed by atoms with Crippen LogP contribution in [0.4, 0.5) is 0 Å². The molecule has 0 aromatic carbocycles. The molecule has 5 heteroatoms. The summed E-state index contributed by atoms with van der Waals surface area (Å²) in [6.07, 6.45) is 42.0. The van der Waals surface area contributed by atoms with Gasteiger partial charge in [-0.15, -0.1) is 0 Å². The predicted octanol–water partition coefficient (Wildman–Crippen LogP) is 15.5. The second-order valence-electron chi connectivity index (χ2n) is 16.0. The van der Waals surface area contributed by atoms with Crippen LogP contribution in [-0.4, -0.2) is 48.9 Å². The van der Waals surface area contributed by atoms with E-state index in [0.717, 1.165) is 13.2 Å². The van der Waals surface area contributed by atoms with E-state index in [9.17, 15) is 0 Å². The Labute approximate surface area is 309 Å².